The maximum Gasteiger partial charge on any atom is 0.151 e. The van der Waals surface area contributed by atoms with Crippen LogP contribution in [0.25, 0.3) is 0 Å². The SMILES string of the molecule is COCCOCCOCCNc1cccc(S)c1O. The number of benzene rings is 1. The Labute approximate surface area is 119 Å². The van der Waals surface area contributed by atoms with Crippen molar-refractivity contribution < 1.29 is 19.3 Å². The molecule has 6 heteroatoms. The molecule has 0 aliphatic rings. The summed E-state index contributed by atoms with van der Waals surface area (Å²) in [4.78, 5) is 0.553. The molecule has 5 nitrogen and oxygen atoms in total. The van der Waals surface area contributed by atoms with E-state index < -0.39 is 0 Å². The average Bonchev–Trinajstić information content (AvgIpc) is 2.41. The minimum Gasteiger partial charge on any atom is -0.505 e. The molecular formula is C13H21NO4S. The lowest BCUT2D eigenvalue weighted by Crippen LogP contribution is -2.13. The van der Waals surface area contributed by atoms with Crippen LogP contribution in [-0.2, 0) is 14.2 Å². The van der Waals surface area contributed by atoms with E-state index in [1.165, 1.54) is 0 Å². The zero-order valence-corrected chi connectivity index (χ0v) is 12.0. The van der Waals surface area contributed by atoms with E-state index in [1.807, 2.05) is 6.07 Å². The number of methoxy groups -OCH3 is 1. The van der Waals surface area contributed by atoms with Gasteiger partial charge >= 0.3 is 0 Å². The summed E-state index contributed by atoms with van der Waals surface area (Å²) >= 11 is 4.14. The van der Waals surface area contributed by atoms with Crippen molar-refractivity contribution in [3.8, 4) is 5.75 Å². The Morgan fingerprint density at radius 1 is 1.11 bits per heavy atom. The number of phenolic OH excluding ortho intramolecular Hbond substituents is 1. The standard InChI is InChI=1S/C13H21NO4S/c1-16-7-8-18-10-9-17-6-5-14-11-3-2-4-12(19)13(11)15/h2-4,14-15,19H,5-10H2,1H3. The average molecular weight is 287 g/mol. The number of nitrogens with one attached hydrogen (secondary N) is 1. The predicted octanol–water partition coefficient (Wildman–Crippen LogP) is 1.77. The number of para-hydroxylation sites is 1. The largest absolute Gasteiger partial charge is 0.505 e. The molecule has 0 saturated carbocycles. The van der Waals surface area contributed by atoms with Gasteiger partial charge in [-0.25, -0.2) is 0 Å². The van der Waals surface area contributed by atoms with Gasteiger partial charge in [-0.2, -0.15) is 0 Å². The second-order valence-electron chi connectivity index (χ2n) is 3.82. The Morgan fingerprint density at radius 2 is 1.79 bits per heavy atom. The molecule has 0 amide bonds. The smallest absolute Gasteiger partial charge is 0.151 e. The lowest BCUT2D eigenvalue weighted by atomic mass is 10.3. The van der Waals surface area contributed by atoms with Crippen molar-refractivity contribution in [3.63, 3.8) is 0 Å². The number of anilines is 1. The predicted molar refractivity (Wildman–Crippen MR) is 77.4 cm³/mol. The fourth-order valence-corrected chi connectivity index (χ4v) is 1.60. The van der Waals surface area contributed by atoms with E-state index in [0.29, 0.717) is 50.2 Å². The lowest BCUT2D eigenvalue weighted by Gasteiger charge is -2.10. The molecule has 1 rings (SSSR count). The summed E-state index contributed by atoms with van der Waals surface area (Å²) < 4.78 is 15.5. The number of hydrogen-bond donors (Lipinski definition) is 3. The van der Waals surface area contributed by atoms with Gasteiger partial charge in [-0.05, 0) is 12.1 Å². The Balaban J connectivity index is 2.03. The molecular weight excluding hydrogens is 266 g/mol. The highest BCUT2D eigenvalue weighted by molar-refractivity contribution is 7.80. The maximum absolute atomic E-state index is 9.71. The van der Waals surface area contributed by atoms with Crippen LogP contribution in [0.5, 0.6) is 5.75 Å². The Hall–Kier alpha value is -0.950. The van der Waals surface area contributed by atoms with Gasteiger partial charge in [-0.1, -0.05) is 6.07 Å². The van der Waals surface area contributed by atoms with Gasteiger partial charge in [0.05, 0.1) is 38.7 Å². The lowest BCUT2D eigenvalue weighted by molar-refractivity contribution is 0.0272. The molecule has 0 bridgehead atoms. The Bertz CT molecular complexity index is 362. The minimum atomic E-state index is 0.161. The maximum atomic E-state index is 9.71. The van der Waals surface area contributed by atoms with Gasteiger partial charge in [0.2, 0.25) is 0 Å². The van der Waals surface area contributed by atoms with E-state index >= 15 is 0 Å². The summed E-state index contributed by atoms with van der Waals surface area (Å²) in [6, 6.07) is 5.36. The van der Waals surface area contributed by atoms with Crippen molar-refractivity contribution in [2.75, 3.05) is 52.0 Å². The number of rotatable bonds is 10. The number of ether oxygens (including phenoxy) is 3. The molecule has 0 saturated heterocycles. The molecule has 0 fully saturated rings. The molecule has 1 aromatic rings. The first-order valence-corrected chi connectivity index (χ1v) is 6.59. The molecule has 1 aromatic carbocycles. The molecule has 0 spiro atoms. The number of hydrogen-bond acceptors (Lipinski definition) is 6. The van der Waals surface area contributed by atoms with Gasteiger partial charge in [0, 0.05) is 18.6 Å². The molecule has 108 valence electrons. The van der Waals surface area contributed by atoms with Gasteiger partial charge < -0.3 is 24.6 Å². The van der Waals surface area contributed by atoms with Crippen LogP contribution in [0.4, 0.5) is 5.69 Å². The summed E-state index contributed by atoms with van der Waals surface area (Å²) in [5.41, 5.74) is 0.660. The van der Waals surface area contributed by atoms with Crippen molar-refractivity contribution in [1.82, 2.24) is 0 Å². The summed E-state index contributed by atoms with van der Waals surface area (Å²) in [6.45, 7) is 3.44. The molecule has 0 heterocycles. The first-order valence-electron chi connectivity index (χ1n) is 6.15. The second kappa shape index (κ2) is 9.91. The summed E-state index contributed by atoms with van der Waals surface area (Å²) in [6.07, 6.45) is 0. The molecule has 0 aliphatic carbocycles. The Kier molecular flexibility index (Phi) is 8.40. The molecule has 0 atom stereocenters. The molecule has 0 aliphatic heterocycles. The van der Waals surface area contributed by atoms with Gasteiger partial charge in [0.25, 0.3) is 0 Å². The zero-order chi connectivity index (χ0) is 13.9. The van der Waals surface area contributed by atoms with Gasteiger partial charge in [0.15, 0.2) is 5.75 Å². The van der Waals surface area contributed by atoms with E-state index in [-0.39, 0.29) is 5.75 Å². The summed E-state index contributed by atoms with van der Waals surface area (Å²) in [5.74, 6) is 0.161. The fourth-order valence-electron chi connectivity index (χ4n) is 1.40. The van der Waals surface area contributed by atoms with Crippen LogP contribution < -0.4 is 5.32 Å². The third-order valence-corrected chi connectivity index (χ3v) is 2.74. The van der Waals surface area contributed by atoms with Crippen LogP contribution in [0.1, 0.15) is 0 Å². The third-order valence-electron chi connectivity index (χ3n) is 2.38. The first-order chi connectivity index (χ1) is 9.25. The Morgan fingerprint density at radius 3 is 2.53 bits per heavy atom. The molecule has 2 N–H and O–H groups in total. The van der Waals surface area contributed by atoms with Crippen LogP contribution in [0, 0.1) is 0 Å². The van der Waals surface area contributed by atoms with Crippen molar-refractivity contribution in [2.45, 2.75) is 4.90 Å². The van der Waals surface area contributed by atoms with Crippen molar-refractivity contribution in [1.29, 1.82) is 0 Å². The normalized spacial score (nSPS) is 10.6. The number of aromatic hydroxyl groups is 1. The highest BCUT2D eigenvalue weighted by Gasteiger charge is 2.02. The van der Waals surface area contributed by atoms with E-state index in [9.17, 15) is 5.11 Å². The number of phenols is 1. The van der Waals surface area contributed by atoms with E-state index in [0.717, 1.165) is 0 Å². The van der Waals surface area contributed by atoms with Crippen molar-refractivity contribution in [3.05, 3.63) is 18.2 Å². The third kappa shape index (κ3) is 6.68. The van der Waals surface area contributed by atoms with Gasteiger partial charge in [-0.3, -0.25) is 0 Å². The molecule has 0 aromatic heterocycles. The highest BCUT2D eigenvalue weighted by Crippen LogP contribution is 2.29. The van der Waals surface area contributed by atoms with Crippen molar-refractivity contribution in [2.24, 2.45) is 0 Å². The fraction of sp³-hybridized carbons (Fsp3) is 0.538. The quantitative estimate of drug-likeness (QED) is 0.348. The highest BCUT2D eigenvalue weighted by atomic mass is 32.1. The van der Waals surface area contributed by atoms with Crippen LogP contribution in [0.15, 0.2) is 23.1 Å². The topological polar surface area (TPSA) is 60.0 Å². The van der Waals surface area contributed by atoms with E-state index in [2.05, 4.69) is 17.9 Å². The molecule has 19 heavy (non-hydrogen) atoms. The first kappa shape index (κ1) is 16.1. The van der Waals surface area contributed by atoms with Crippen LogP contribution in [0.3, 0.4) is 0 Å². The molecule has 0 unspecified atom stereocenters. The zero-order valence-electron chi connectivity index (χ0n) is 11.1. The van der Waals surface area contributed by atoms with Crippen LogP contribution >= 0.6 is 12.6 Å². The summed E-state index contributed by atoms with van der Waals surface area (Å²) in [5, 5.41) is 12.8. The van der Waals surface area contributed by atoms with E-state index in [4.69, 9.17) is 14.2 Å². The van der Waals surface area contributed by atoms with Gasteiger partial charge in [-0.15, -0.1) is 12.6 Å². The monoisotopic (exact) mass is 287 g/mol. The van der Waals surface area contributed by atoms with Crippen molar-refractivity contribution >= 4 is 18.3 Å². The van der Waals surface area contributed by atoms with Gasteiger partial charge in [0.1, 0.15) is 0 Å². The van der Waals surface area contributed by atoms with E-state index in [1.54, 1.807) is 19.2 Å². The number of thiol groups is 1. The summed E-state index contributed by atoms with van der Waals surface area (Å²) in [7, 11) is 1.64. The van der Waals surface area contributed by atoms with Crippen LogP contribution in [-0.4, -0.2) is 51.8 Å². The van der Waals surface area contributed by atoms with Crippen LogP contribution in [0.2, 0.25) is 0 Å². The second-order valence-corrected chi connectivity index (χ2v) is 4.30. The molecule has 0 radical (unpaired) electrons. The minimum absolute atomic E-state index is 0.161.